The first-order valence-electron chi connectivity index (χ1n) is 15.6. The average molecular weight is 594 g/mol. The number of hydrogen-bond donors (Lipinski definition) is 2. The van der Waals surface area contributed by atoms with E-state index in [2.05, 4.69) is 22.0 Å². The zero-order valence-electron chi connectivity index (χ0n) is 26.2. The highest BCUT2D eigenvalue weighted by molar-refractivity contribution is 6.00. The van der Waals surface area contributed by atoms with Crippen LogP contribution < -0.4 is 15.8 Å². The van der Waals surface area contributed by atoms with E-state index < -0.39 is 5.41 Å². The molecule has 4 bridgehead atoms. The summed E-state index contributed by atoms with van der Waals surface area (Å²) in [5.74, 6) is 1.12. The van der Waals surface area contributed by atoms with Gasteiger partial charge in [-0.3, -0.25) is 14.0 Å². The standard InChI is InChI=1S/C34H39N7O3/c1-17(36-32(43)33(3,4)5)24-10-9-20-11-25(39(30(20)37-24)16-19-7-8-19)28-18(2)40-26(38-28)12-21(13-27(40)44-6)31(42)41-22-14-23-29(41)34(23,35)15-22/h9-13,17,19,22H,7-8,14-16,35H2,1-6H3,(H,36,43)/t17-,22+,34-/m1/s1. The van der Waals surface area contributed by atoms with Crippen molar-refractivity contribution in [2.45, 2.75) is 84.5 Å². The molecule has 0 spiro atoms. The first kappa shape index (κ1) is 27.4. The maximum atomic E-state index is 13.8. The number of nitrogens with zero attached hydrogens (tertiary/aromatic N) is 5. The Morgan fingerprint density at radius 2 is 1.95 bits per heavy atom. The first-order chi connectivity index (χ1) is 20.9. The van der Waals surface area contributed by atoms with Crippen LogP contribution in [0.5, 0.6) is 5.88 Å². The average Bonchev–Trinajstić information content (AvgIpc) is 3.54. The molecule has 0 radical (unpaired) electrons. The van der Waals surface area contributed by atoms with Crippen molar-refractivity contribution in [1.29, 1.82) is 0 Å². The van der Waals surface area contributed by atoms with E-state index in [4.69, 9.17) is 20.4 Å². The molecule has 0 aromatic carbocycles. The maximum absolute atomic E-state index is 13.8. The summed E-state index contributed by atoms with van der Waals surface area (Å²) >= 11 is 0. The molecule has 3 N–H and O–H groups in total. The smallest absolute Gasteiger partial charge is 0.258 e. The second-order valence-corrected chi connectivity index (χ2v) is 14.2. The van der Waals surface area contributed by atoms with E-state index in [0.29, 0.717) is 23.0 Å². The Morgan fingerprint density at radius 1 is 1.18 bits per heavy atom. The van der Waals surface area contributed by atoms with E-state index in [0.717, 1.165) is 58.9 Å². The number of fused-ring (bicyclic) bond motifs is 2. The third-order valence-corrected chi connectivity index (χ3v) is 10.00. The van der Waals surface area contributed by atoms with Crippen LogP contribution in [0.1, 0.15) is 81.2 Å². The summed E-state index contributed by atoms with van der Waals surface area (Å²) in [6.45, 7) is 10.6. The van der Waals surface area contributed by atoms with Crippen molar-refractivity contribution in [3.8, 4) is 17.3 Å². The lowest BCUT2D eigenvalue weighted by Gasteiger charge is -2.21. The molecule has 10 nitrogen and oxygen atoms in total. The Balaban J connectivity index is 1.20. The molecule has 228 valence electrons. The number of carbonyl (C=O) groups is 2. The van der Waals surface area contributed by atoms with Crippen molar-refractivity contribution in [2.75, 3.05) is 7.11 Å². The highest BCUT2D eigenvalue weighted by Crippen LogP contribution is 2.64. The van der Waals surface area contributed by atoms with Gasteiger partial charge in [0.15, 0.2) is 5.88 Å². The number of aryl methyl sites for hydroxylation is 1. The van der Waals surface area contributed by atoms with Gasteiger partial charge in [-0.05, 0) is 75.3 Å². The largest absolute Gasteiger partial charge is 0.482 e. The van der Waals surface area contributed by atoms with Gasteiger partial charge in [-0.15, -0.1) is 0 Å². The van der Waals surface area contributed by atoms with Gasteiger partial charge in [0.2, 0.25) is 5.91 Å². The quantitative estimate of drug-likeness (QED) is 0.315. The Labute approximate surface area is 256 Å². The van der Waals surface area contributed by atoms with Gasteiger partial charge in [0.05, 0.1) is 35.8 Å². The molecular formula is C34H39N7O3. The molecular weight excluding hydrogens is 554 g/mol. The van der Waals surface area contributed by atoms with E-state index in [1.54, 1.807) is 7.11 Å². The number of nitrogens with two attached hydrogens (primary N) is 1. The topological polar surface area (TPSA) is 120 Å². The first-order valence-corrected chi connectivity index (χ1v) is 15.6. The molecule has 5 aliphatic rings. The number of ether oxygens (including phenoxy) is 1. The number of carbonyl (C=O) groups excluding carboxylic acids is 2. The highest BCUT2D eigenvalue weighted by atomic mass is 16.5. The van der Waals surface area contributed by atoms with Crippen molar-refractivity contribution < 1.29 is 14.3 Å². The molecule has 2 amide bonds. The van der Waals surface area contributed by atoms with Crippen LogP contribution >= 0.6 is 0 Å². The highest BCUT2D eigenvalue weighted by Gasteiger charge is 2.68. The van der Waals surface area contributed by atoms with Crippen LogP contribution in [0.3, 0.4) is 0 Å². The summed E-state index contributed by atoms with van der Waals surface area (Å²) in [6, 6.07) is 9.85. The molecule has 6 heterocycles. The summed E-state index contributed by atoms with van der Waals surface area (Å²) in [7, 11) is 1.63. The van der Waals surface area contributed by atoms with Crippen LogP contribution in [0.15, 0.2) is 41.6 Å². The molecule has 3 aliphatic carbocycles. The van der Waals surface area contributed by atoms with Gasteiger partial charge in [0.1, 0.15) is 17.0 Å². The third kappa shape index (κ3) is 3.89. The molecule has 3 fully saturated rings. The second kappa shape index (κ2) is 8.94. The summed E-state index contributed by atoms with van der Waals surface area (Å²) < 4.78 is 10.1. The van der Waals surface area contributed by atoms with Gasteiger partial charge < -0.3 is 25.3 Å². The van der Waals surface area contributed by atoms with Crippen LogP contribution in [0, 0.1) is 18.3 Å². The lowest BCUT2D eigenvalue weighted by Crippen LogP contribution is -2.36. The van der Waals surface area contributed by atoms with Gasteiger partial charge in [-0.25, -0.2) is 9.97 Å². The number of aromatic nitrogens is 4. The predicted molar refractivity (Wildman–Crippen MR) is 167 cm³/mol. The molecule has 4 aromatic rings. The minimum Gasteiger partial charge on any atom is -0.482 e. The number of rotatable bonds is 7. The normalized spacial score (nSPS) is 22.8. The van der Waals surface area contributed by atoms with E-state index in [-0.39, 0.29) is 29.4 Å². The second-order valence-electron chi connectivity index (χ2n) is 14.2. The molecule has 9 rings (SSSR count). The van der Waals surface area contributed by atoms with E-state index in [1.807, 2.05) is 62.1 Å². The van der Waals surface area contributed by atoms with Crippen molar-refractivity contribution in [1.82, 2.24) is 29.2 Å². The number of imidazole rings is 1. The van der Waals surface area contributed by atoms with Gasteiger partial charge in [-0.1, -0.05) is 20.8 Å². The van der Waals surface area contributed by atoms with Crippen LogP contribution in [0.2, 0.25) is 0 Å². The number of pyridine rings is 2. The molecule has 44 heavy (non-hydrogen) atoms. The zero-order valence-corrected chi connectivity index (χ0v) is 26.2. The summed E-state index contributed by atoms with van der Waals surface area (Å²) in [5, 5.41) is 4.14. The molecule has 3 atom stereocenters. The van der Waals surface area contributed by atoms with Crippen LogP contribution in [0.4, 0.5) is 0 Å². The van der Waals surface area contributed by atoms with Gasteiger partial charge in [0, 0.05) is 40.7 Å². The van der Waals surface area contributed by atoms with Crippen LogP contribution in [0.25, 0.3) is 28.1 Å². The summed E-state index contributed by atoms with van der Waals surface area (Å²) in [4.78, 5) is 38.5. The fraction of sp³-hybridized carbons (Fsp3) is 0.471. The molecule has 2 saturated carbocycles. The Hall–Kier alpha value is -4.18. The van der Waals surface area contributed by atoms with Gasteiger partial charge in [-0.2, -0.15) is 0 Å². The van der Waals surface area contributed by atoms with E-state index in [1.165, 1.54) is 18.4 Å². The van der Waals surface area contributed by atoms with Crippen LogP contribution in [-0.4, -0.2) is 54.3 Å². The van der Waals surface area contributed by atoms with E-state index in [9.17, 15) is 9.59 Å². The minimum atomic E-state index is -0.483. The van der Waals surface area contributed by atoms with Gasteiger partial charge >= 0.3 is 0 Å². The molecule has 4 aromatic heterocycles. The van der Waals surface area contributed by atoms with Gasteiger partial charge in [0.25, 0.3) is 5.91 Å². The Kier molecular flexibility index (Phi) is 5.56. The molecule has 10 heteroatoms. The van der Waals surface area contributed by atoms with Crippen molar-refractivity contribution in [3.05, 3.63) is 58.6 Å². The monoisotopic (exact) mass is 593 g/mol. The summed E-state index contributed by atoms with van der Waals surface area (Å²) in [5.41, 5.74) is 13.6. The lowest BCUT2D eigenvalue weighted by molar-refractivity contribution is -0.129. The zero-order chi connectivity index (χ0) is 30.9. The fourth-order valence-electron chi connectivity index (χ4n) is 7.29. The SMILES string of the molecule is COc1cc(C(=O)N2C3=C4C[C@H]2C[C@@]43N)cc2nc(-c3cc4ccc([C@@H](C)NC(=O)C(C)(C)C)nc4n3CC3CC3)c(C)n12. The Morgan fingerprint density at radius 3 is 2.57 bits per heavy atom. The van der Waals surface area contributed by atoms with E-state index >= 15 is 0 Å². The molecule has 0 unspecified atom stereocenters. The molecule has 1 saturated heterocycles. The fourth-order valence-corrected chi connectivity index (χ4v) is 7.29. The lowest BCUT2D eigenvalue weighted by atomic mass is 9.95. The number of hydrogen-bond acceptors (Lipinski definition) is 6. The maximum Gasteiger partial charge on any atom is 0.258 e. The number of piperidine rings is 1. The number of nitrogens with one attached hydrogen (secondary N) is 1. The van der Waals surface area contributed by atoms with Crippen molar-refractivity contribution in [2.24, 2.45) is 17.1 Å². The Bertz CT molecular complexity index is 1960. The minimum absolute atomic E-state index is 0.00779. The number of amides is 2. The third-order valence-electron chi connectivity index (χ3n) is 10.00. The summed E-state index contributed by atoms with van der Waals surface area (Å²) in [6.07, 6.45) is 4.12. The number of methoxy groups -OCH3 is 1. The van der Waals surface area contributed by atoms with Crippen molar-refractivity contribution >= 4 is 28.5 Å². The van der Waals surface area contributed by atoms with Crippen LogP contribution in [-0.2, 0) is 11.3 Å². The predicted octanol–water partition coefficient (Wildman–Crippen LogP) is 4.88. The van der Waals surface area contributed by atoms with Crippen molar-refractivity contribution in [3.63, 3.8) is 0 Å². The molecule has 2 aliphatic heterocycles.